The largest absolute Gasteiger partial charge is 0.423 e. The molecule has 0 N–H and O–H groups in total. The molecule has 150 valence electrons. The lowest BCUT2D eigenvalue weighted by Crippen LogP contribution is -2.27. The van der Waals surface area contributed by atoms with Crippen molar-refractivity contribution in [3.8, 4) is 0 Å². The van der Waals surface area contributed by atoms with Crippen LogP contribution in [0.4, 0.5) is 42.1 Å². The molecule has 0 spiro atoms. The first kappa shape index (κ1) is 21.1. The summed E-state index contributed by atoms with van der Waals surface area (Å²) >= 11 is 0. The number of amides is 1. The molecule has 0 saturated heterocycles. The number of anilines is 1. The molecule has 0 bridgehead atoms. The van der Waals surface area contributed by atoms with E-state index in [0.29, 0.717) is 23.1 Å². The predicted molar refractivity (Wildman–Crippen MR) is 82.2 cm³/mol. The highest BCUT2D eigenvalue weighted by atomic mass is 19.4. The standard InChI is InChI=1S/C16H9F7N2O3/c1-24(9-3-5-13(25(27)28)11(7-9)16(21,22)23)14(26)8-2-4-12(17)10(6-8)15(18,19)20/h2-7H,1H3. The topological polar surface area (TPSA) is 63.5 Å². The zero-order chi connectivity index (χ0) is 21.4. The van der Waals surface area contributed by atoms with Gasteiger partial charge in [0.1, 0.15) is 11.4 Å². The average Bonchev–Trinajstić information content (AvgIpc) is 2.58. The number of carbonyl (C=O) groups excluding carboxylic acids is 1. The van der Waals surface area contributed by atoms with E-state index >= 15 is 0 Å². The van der Waals surface area contributed by atoms with Crippen LogP contribution in [0.15, 0.2) is 36.4 Å². The molecule has 2 rings (SSSR count). The van der Waals surface area contributed by atoms with Gasteiger partial charge in [-0.1, -0.05) is 0 Å². The van der Waals surface area contributed by atoms with Gasteiger partial charge in [-0.15, -0.1) is 0 Å². The Morgan fingerprint density at radius 3 is 2.04 bits per heavy atom. The summed E-state index contributed by atoms with van der Waals surface area (Å²) in [5, 5.41) is 10.8. The Morgan fingerprint density at radius 2 is 1.54 bits per heavy atom. The minimum Gasteiger partial charge on any atom is -0.311 e. The molecule has 28 heavy (non-hydrogen) atoms. The zero-order valence-electron chi connectivity index (χ0n) is 13.7. The number of hydrogen-bond acceptors (Lipinski definition) is 3. The Bertz CT molecular complexity index is 939. The summed E-state index contributed by atoms with van der Waals surface area (Å²) in [6.45, 7) is 0. The van der Waals surface area contributed by atoms with E-state index in [1.165, 1.54) is 0 Å². The van der Waals surface area contributed by atoms with Gasteiger partial charge in [0.25, 0.3) is 11.6 Å². The molecular formula is C16H9F7N2O3. The van der Waals surface area contributed by atoms with E-state index in [1.807, 2.05) is 0 Å². The molecule has 0 radical (unpaired) electrons. The maximum Gasteiger partial charge on any atom is 0.423 e. The number of nitro groups is 1. The summed E-state index contributed by atoms with van der Waals surface area (Å²) < 4.78 is 90.7. The minimum absolute atomic E-state index is 0.226. The number of halogens is 7. The van der Waals surface area contributed by atoms with Gasteiger partial charge in [-0.05, 0) is 30.3 Å². The van der Waals surface area contributed by atoms with E-state index in [-0.39, 0.29) is 6.07 Å². The number of benzene rings is 2. The average molecular weight is 410 g/mol. The van der Waals surface area contributed by atoms with Crippen molar-refractivity contribution < 1.29 is 40.5 Å². The van der Waals surface area contributed by atoms with Crippen LogP contribution in [-0.4, -0.2) is 17.9 Å². The van der Waals surface area contributed by atoms with Gasteiger partial charge in [-0.3, -0.25) is 14.9 Å². The molecule has 5 nitrogen and oxygen atoms in total. The zero-order valence-corrected chi connectivity index (χ0v) is 13.7. The third kappa shape index (κ3) is 4.21. The first-order valence-electron chi connectivity index (χ1n) is 7.24. The summed E-state index contributed by atoms with van der Waals surface area (Å²) in [6.07, 6.45) is -10.2. The van der Waals surface area contributed by atoms with Gasteiger partial charge in [0, 0.05) is 24.4 Å². The number of alkyl halides is 6. The van der Waals surface area contributed by atoms with E-state index in [4.69, 9.17) is 0 Å². The van der Waals surface area contributed by atoms with Crippen LogP contribution in [0, 0.1) is 15.9 Å². The van der Waals surface area contributed by atoms with Gasteiger partial charge in [0.05, 0.1) is 10.5 Å². The molecule has 0 unspecified atom stereocenters. The molecule has 2 aromatic carbocycles. The molecule has 0 aliphatic rings. The van der Waals surface area contributed by atoms with Crippen LogP contribution in [0.25, 0.3) is 0 Å². The second-order valence-corrected chi connectivity index (χ2v) is 5.51. The Balaban J connectivity index is 2.48. The lowest BCUT2D eigenvalue weighted by Gasteiger charge is -2.19. The van der Waals surface area contributed by atoms with Crippen molar-refractivity contribution in [3.63, 3.8) is 0 Å². The molecule has 0 saturated carbocycles. The first-order chi connectivity index (χ1) is 12.7. The van der Waals surface area contributed by atoms with E-state index in [1.54, 1.807) is 0 Å². The van der Waals surface area contributed by atoms with Crippen molar-refractivity contribution in [2.45, 2.75) is 12.4 Å². The van der Waals surface area contributed by atoms with E-state index in [9.17, 15) is 45.6 Å². The van der Waals surface area contributed by atoms with E-state index in [2.05, 4.69) is 0 Å². The highest BCUT2D eigenvalue weighted by Crippen LogP contribution is 2.38. The van der Waals surface area contributed by atoms with Gasteiger partial charge in [0.15, 0.2) is 0 Å². The number of hydrogen-bond donors (Lipinski definition) is 0. The number of carbonyl (C=O) groups is 1. The summed E-state index contributed by atoms with van der Waals surface area (Å²) in [7, 11) is 0.959. The van der Waals surface area contributed by atoms with Crippen molar-refractivity contribution in [1.82, 2.24) is 0 Å². The van der Waals surface area contributed by atoms with Crippen LogP contribution < -0.4 is 4.90 Å². The molecule has 1 amide bonds. The SMILES string of the molecule is CN(C(=O)c1ccc(F)c(C(F)(F)F)c1)c1ccc([N+](=O)[O-])c(C(F)(F)F)c1. The van der Waals surface area contributed by atoms with Crippen molar-refractivity contribution in [2.75, 3.05) is 11.9 Å². The fourth-order valence-corrected chi connectivity index (χ4v) is 2.31. The van der Waals surface area contributed by atoms with Gasteiger partial charge in [0.2, 0.25) is 0 Å². The first-order valence-corrected chi connectivity index (χ1v) is 7.24. The van der Waals surface area contributed by atoms with Crippen molar-refractivity contribution in [3.05, 3.63) is 69.0 Å². The van der Waals surface area contributed by atoms with Crippen LogP contribution in [0.1, 0.15) is 21.5 Å². The fraction of sp³-hybridized carbons (Fsp3) is 0.188. The molecule has 0 fully saturated rings. The Labute approximate surface area is 152 Å². The Morgan fingerprint density at radius 1 is 0.964 bits per heavy atom. The van der Waals surface area contributed by atoms with Crippen molar-refractivity contribution in [2.24, 2.45) is 0 Å². The molecule has 2 aromatic rings. The predicted octanol–water partition coefficient (Wildman–Crippen LogP) is 5.05. The second kappa shape index (κ2) is 7.09. The summed E-state index contributed by atoms with van der Waals surface area (Å²) in [5.41, 5.74) is -5.70. The normalized spacial score (nSPS) is 12.0. The van der Waals surface area contributed by atoms with Crippen LogP contribution in [-0.2, 0) is 12.4 Å². The highest BCUT2D eigenvalue weighted by molar-refractivity contribution is 6.06. The molecule has 0 heterocycles. The van der Waals surface area contributed by atoms with E-state index in [0.717, 1.165) is 19.2 Å². The Kier molecular flexibility index (Phi) is 5.35. The number of nitro benzene ring substituents is 1. The monoisotopic (exact) mass is 410 g/mol. The van der Waals surface area contributed by atoms with Gasteiger partial charge < -0.3 is 4.90 Å². The van der Waals surface area contributed by atoms with Crippen LogP contribution >= 0.6 is 0 Å². The highest BCUT2D eigenvalue weighted by Gasteiger charge is 2.39. The summed E-state index contributed by atoms with van der Waals surface area (Å²) in [6, 6.07) is 3.04. The van der Waals surface area contributed by atoms with Crippen molar-refractivity contribution >= 4 is 17.3 Å². The lowest BCUT2D eigenvalue weighted by molar-refractivity contribution is -0.388. The van der Waals surface area contributed by atoms with E-state index < -0.39 is 57.1 Å². The van der Waals surface area contributed by atoms with Crippen molar-refractivity contribution in [1.29, 1.82) is 0 Å². The second-order valence-electron chi connectivity index (χ2n) is 5.51. The number of nitrogens with zero attached hydrogens (tertiary/aromatic N) is 2. The van der Waals surface area contributed by atoms with Crippen LogP contribution in [0.5, 0.6) is 0 Å². The maximum atomic E-state index is 13.3. The quantitative estimate of drug-likeness (QED) is 0.404. The summed E-state index contributed by atoms with van der Waals surface area (Å²) in [5.74, 6) is -2.80. The van der Waals surface area contributed by atoms with Gasteiger partial charge in [-0.2, -0.15) is 26.3 Å². The maximum absolute atomic E-state index is 13.3. The van der Waals surface area contributed by atoms with Crippen LogP contribution in [0.3, 0.4) is 0 Å². The molecule has 12 heteroatoms. The van der Waals surface area contributed by atoms with Gasteiger partial charge in [-0.25, -0.2) is 4.39 Å². The smallest absolute Gasteiger partial charge is 0.311 e. The third-order valence-electron chi connectivity index (χ3n) is 3.69. The third-order valence-corrected chi connectivity index (χ3v) is 3.69. The number of rotatable bonds is 3. The minimum atomic E-state index is -5.11. The lowest BCUT2D eigenvalue weighted by atomic mass is 10.1. The Hall–Kier alpha value is -3.18. The molecule has 0 aliphatic carbocycles. The van der Waals surface area contributed by atoms with Gasteiger partial charge >= 0.3 is 12.4 Å². The molecule has 0 aromatic heterocycles. The summed E-state index contributed by atoms with van der Waals surface area (Å²) in [4.78, 5) is 22.4. The molecule has 0 atom stereocenters. The van der Waals surface area contributed by atoms with Crippen LogP contribution in [0.2, 0.25) is 0 Å². The molecule has 0 aliphatic heterocycles. The fourth-order valence-electron chi connectivity index (χ4n) is 2.31. The molecular weight excluding hydrogens is 401 g/mol.